The van der Waals surface area contributed by atoms with Gasteiger partial charge in [0.15, 0.2) is 5.69 Å². The zero-order valence-electron chi connectivity index (χ0n) is 13.7. The van der Waals surface area contributed by atoms with Gasteiger partial charge in [-0.25, -0.2) is 4.79 Å². The van der Waals surface area contributed by atoms with Crippen LogP contribution in [0.3, 0.4) is 0 Å². The van der Waals surface area contributed by atoms with Crippen molar-refractivity contribution in [3.8, 4) is 0 Å². The maximum absolute atomic E-state index is 12.7. The van der Waals surface area contributed by atoms with Crippen molar-refractivity contribution in [3.05, 3.63) is 17.5 Å². The lowest BCUT2D eigenvalue weighted by atomic mass is 10.2. The van der Waals surface area contributed by atoms with E-state index in [1.807, 2.05) is 11.6 Å². The molecule has 2 rings (SSSR count). The topological polar surface area (TPSA) is 75.4 Å². The molecule has 22 heavy (non-hydrogen) atoms. The number of aliphatic carboxylic acids is 1. The molecule has 1 aliphatic rings. The molecule has 1 N–H and O–H groups in total. The zero-order chi connectivity index (χ0) is 16.4. The molecule has 122 valence electrons. The van der Waals surface area contributed by atoms with E-state index in [9.17, 15) is 14.7 Å². The summed E-state index contributed by atoms with van der Waals surface area (Å²) in [5.74, 6) is -1.25. The molecule has 0 spiro atoms. The van der Waals surface area contributed by atoms with Crippen LogP contribution in [-0.2, 0) is 4.79 Å². The van der Waals surface area contributed by atoms with Gasteiger partial charge in [-0.3, -0.25) is 9.48 Å². The van der Waals surface area contributed by atoms with E-state index in [1.165, 1.54) is 4.90 Å². The number of aromatic nitrogens is 2. The summed E-state index contributed by atoms with van der Waals surface area (Å²) in [5.41, 5.74) is 1.29. The van der Waals surface area contributed by atoms with Crippen molar-refractivity contribution in [3.63, 3.8) is 0 Å². The monoisotopic (exact) mass is 307 g/mol. The van der Waals surface area contributed by atoms with Gasteiger partial charge < -0.3 is 10.0 Å². The molecule has 0 bridgehead atoms. The van der Waals surface area contributed by atoms with Crippen molar-refractivity contribution in [1.82, 2.24) is 14.7 Å². The minimum atomic E-state index is -0.976. The van der Waals surface area contributed by atoms with Crippen LogP contribution in [0.1, 0.15) is 68.7 Å². The Morgan fingerprint density at radius 3 is 2.45 bits per heavy atom. The first-order chi connectivity index (χ1) is 10.4. The van der Waals surface area contributed by atoms with Gasteiger partial charge in [0.1, 0.15) is 6.04 Å². The summed E-state index contributed by atoms with van der Waals surface area (Å²) in [4.78, 5) is 25.5. The number of hydrogen-bond donors (Lipinski definition) is 1. The van der Waals surface area contributed by atoms with Crippen LogP contribution in [0.5, 0.6) is 0 Å². The molecule has 1 aliphatic carbocycles. The average Bonchev–Trinajstić information content (AvgIpc) is 3.23. The van der Waals surface area contributed by atoms with Crippen LogP contribution in [0.15, 0.2) is 6.07 Å². The highest BCUT2D eigenvalue weighted by Crippen LogP contribution is 2.30. The lowest BCUT2D eigenvalue weighted by Gasteiger charge is -2.25. The van der Waals surface area contributed by atoms with Crippen molar-refractivity contribution in [2.24, 2.45) is 0 Å². The van der Waals surface area contributed by atoms with Crippen molar-refractivity contribution < 1.29 is 14.7 Å². The first-order valence-corrected chi connectivity index (χ1v) is 8.02. The third-order valence-electron chi connectivity index (χ3n) is 4.38. The molecule has 0 saturated heterocycles. The van der Waals surface area contributed by atoms with Gasteiger partial charge in [-0.05, 0) is 45.6 Å². The maximum atomic E-state index is 12.7. The lowest BCUT2D eigenvalue weighted by molar-refractivity contribution is -0.141. The molecule has 1 fully saturated rings. The number of rotatable bonds is 7. The van der Waals surface area contributed by atoms with E-state index >= 15 is 0 Å². The van der Waals surface area contributed by atoms with Crippen molar-refractivity contribution in [1.29, 1.82) is 0 Å². The predicted molar refractivity (Wildman–Crippen MR) is 82.9 cm³/mol. The molecule has 1 unspecified atom stereocenters. The van der Waals surface area contributed by atoms with Gasteiger partial charge in [0.25, 0.3) is 5.91 Å². The summed E-state index contributed by atoms with van der Waals surface area (Å²) in [7, 11) is 0. The zero-order valence-corrected chi connectivity index (χ0v) is 13.7. The highest BCUT2D eigenvalue weighted by atomic mass is 16.4. The van der Waals surface area contributed by atoms with Gasteiger partial charge in [-0.1, -0.05) is 13.8 Å². The number of aryl methyl sites for hydroxylation is 1. The molecule has 1 atom stereocenters. The smallest absolute Gasteiger partial charge is 0.326 e. The van der Waals surface area contributed by atoms with Crippen molar-refractivity contribution >= 4 is 11.9 Å². The van der Waals surface area contributed by atoms with Crippen LogP contribution >= 0.6 is 0 Å². The number of carbonyl (C=O) groups excluding carboxylic acids is 1. The van der Waals surface area contributed by atoms with Crippen LogP contribution in [-0.4, -0.2) is 43.7 Å². The fraction of sp³-hybridized carbons (Fsp3) is 0.688. The molecule has 0 radical (unpaired) electrons. The minimum Gasteiger partial charge on any atom is -0.480 e. The van der Waals surface area contributed by atoms with Gasteiger partial charge >= 0.3 is 5.97 Å². The summed E-state index contributed by atoms with van der Waals surface area (Å²) in [6, 6.07) is 1.26. The van der Waals surface area contributed by atoms with Crippen LogP contribution in [0.25, 0.3) is 0 Å². The van der Waals surface area contributed by atoms with E-state index in [2.05, 4.69) is 18.9 Å². The van der Waals surface area contributed by atoms with Crippen molar-refractivity contribution in [2.75, 3.05) is 0 Å². The standard InChI is InChI=1S/C16H25N3O3/c1-5-12(6-2)19-10(3)9-14(17-19)15(20)18(13-7-8-13)11(4)16(21)22/h9,11-13H,5-8H2,1-4H3,(H,21,22). The molecule has 0 aliphatic heterocycles. The number of nitrogens with zero attached hydrogens (tertiary/aromatic N) is 3. The number of amides is 1. The van der Waals surface area contributed by atoms with E-state index in [1.54, 1.807) is 13.0 Å². The number of hydrogen-bond acceptors (Lipinski definition) is 3. The van der Waals surface area contributed by atoms with E-state index in [0.717, 1.165) is 31.4 Å². The predicted octanol–water partition coefficient (Wildman–Crippen LogP) is 2.63. The first-order valence-electron chi connectivity index (χ1n) is 8.02. The Bertz CT molecular complexity index is 559. The highest BCUT2D eigenvalue weighted by Gasteiger charge is 2.39. The second-order valence-corrected chi connectivity index (χ2v) is 6.04. The van der Waals surface area contributed by atoms with Gasteiger partial charge in [-0.15, -0.1) is 0 Å². The summed E-state index contributed by atoms with van der Waals surface area (Å²) in [6.45, 7) is 7.69. The number of carboxylic acids is 1. The summed E-state index contributed by atoms with van der Waals surface area (Å²) < 4.78 is 1.89. The molecule has 0 aromatic carbocycles. The fourth-order valence-corrected chi connectivity index (χ4v) is 2.86. The van der Waals surface area contributed by atoms with Gasteiger partial charge in [-0.2, -0.15) is 5.10 Å². The van der Waals surface area contributed by atoms with Gasteiger partial charge in [0.05, 0.1) is 6.04 Å². The van der Waals surface area contributed by atoms with Crippen LogP contribution in [0.2, 0.25) is 0 Å². The summed E-state index contributed by atoms with van der Waals surface area (Å²) in [5, 5.41) is 13.7. The maximum Gasteiger partial charge on any atom is 0.326 e. The van der Waals surface area contributed by atoms with Gasteiger partial charge in [0, 0.05) is 11.7 Å². The SMILES string of the molecule is CCC(CC)n1nc(C(=O)N(C2CC2)C(C)C(=O)O)cc1C. The number of carbonyl (C=O) groups is 2. The van der Waals surface area contributed by atoms with E-state index < -0.39 is 12.0 Å². The Labute approximate surface area is 131 Å². The molecule has 1 saturated carbocycles. The highest BCUT2D eigenvalue weighted by molar-refractivity contribution is 5.95. The Balaban J connectivity index is 2.28. The molecule has 1 aromatic heterocycles. The van der Waals surface area contributed by atoms with Crippen LogP contribution < -0.4 is 0 Å². The first kappa shape index (κ1) is 16.5. The molecule has 6 heteroatoms. The second-order valence-electron chi connectivity index (χ2n) is 6.04. The molecular formula is C16H25N3O3. The quantitative estimate of drug-likeness (QED) is 0.840. The molecule has 1 heterocycles. The largest absolute Gasteiger partial charge is 0.480 e. The molecular weight excluding hydrogens is 282 g/mol. The Kier molecular flexibility index (Phi) is 4.88. The molecule has 1 aromatic rings. The normalized spacial score (nSPS) is 15.9. The van der Waals surface area contributed by atoms with E-state index in [-0.39, 0.29) is 18.0 Å². The van der Waals surface area contributed by atoms with Crippen LogP contribution in [0, 0.1) is 6.92 Å². The molecule has 1 amide bonds. The Morgan fingerprint density at radius 1 is 1.41 bits per heavy atom. The Morgan fingerprint density at radius 2 is 2.00 bits per heavy atom. The number of carboxylic acid groups (broad SMARTS) is 1. The van der Waals surface area contributed by atoms with E-state index in [4.69, 9.17) is 0 Å². The van der Waals surface area contributed by atoms with Gasteiger partial charge in [0.2, 0.25) is 0 Å². The second kappa shape index (κ2) is 6.50. The van der Waals surface area contributed by atoms with Crippen LogP contribution in [0.4, 0.5) is 0 Å². The summed E-state index contributed by atoms with van der Waals surface area (Å²) >= 11 is 0. The fourth-order valence-electron chi connectivity index (χ4n) is 2.86. The molecule has 6 nitrogen and oxygen atoms in total. The average molecular weight is 307 g/mol. The third kappa shape index (κ3) is 3.15. The van der Waals surface area contributed by atoms with E-state index in [0.29, 0.717) is 5.69 Å². The Hall–Kier alpha value is -1.85. The lowest BCUT2D eigenvalue weighted by Crippen LogP contribution is -2.44. The minimum absolute atomic E-state index is 0.0391. The summed E-state index contributed by atoms with van der Waals surface area (Å²) in [6.07, 6.45) is 3.64. The third-order valence-corrected chi connectivity index (χ3v) is 4.38. The van der Waals surface area contributed by atoms with Crippen molar-refractivity contribution in [2.45, 2.75) is 71.5 Å².